The highest BCUT2D eigenvalue weighted by molar-refractivity contribution is 7.20. The number of hydrogen-bond acceptors (Lipinski definition) is 8. The molecule has 4 rings (SSSR count). The van der Waals surface area contributed by atoms with E-state index in [4.69, 9.17) is 14.2 Å². The summed E-state index contributed by atoms with van der Waals surface area (Å²) >= 11 is 1.27. The molecule has 2 aromatic carbocycles. The van der Waals surface area contributed by atoms with Crippen molar-refractivity contribution in [1.82, 2.24) is 15.2 Å². The molecule has 10 heteroatoms. The number of thiazole rings is 1. The molecular formula is C28H33N3O6S. The summed E-state index contributed by atoms with van der Waals surface area (Å²) in [6.45, 7) is 6.17. The molecule has 0 spiro atoms. The highest BCUT2D eigenvalue weighted by Gasteiger charge is 2.37. The van der Waals surface area contributed by atoms with Crippen molar-refractivity contribution in [2.45, 2.75) is 51.8 Å². The van der Waals surface area contributed by atoms with Crippen LogP contribution in [0.4, 0.5) is 4.79 Å². The average molecular weight is 540 g/mol. The topological polar surface area (TPSA) is 107 Å². The first-order valence-corrected chi connectivity index (χ1v) is 13.3. The minimum absolute atomic E-state index is 0.0732. The lowest BCUT2D eigenvalue weighted by atomic mass is 9.96. The number of methoxy groups -OCH3 is 2. The number of ether oxygens (including phenoxy) is 3. The SMILES string of the molecule is COc1ccc(CN2CC[C@@H](CC(NC(=O)OC(C)(C)C)C(=O)c3nc4ccccc4s3)C2=O)c(OC)c1. The van der Waals surface area contributed by atoms with Gasteiger partial charge in [-0.15, -0.1) is 11.3 Å². The minimum atomic E-state index is -0.949. The van der Waals surface area contributed by atoms with Crippen LogP contribution in [0, 0.1) is 5.92 Å². The number of amides is 2. The second kappa shape index (κ2) is 11.4. The Morgan fingerprint density at radius 3 is 2.61 bits per heavy atom. The Bertz CT molecular complexity index is 1300. The number of likely N-dealkylation sites (tertiary alicyclic amines) is 1. The Labute approximate surface area is 226 Å². The molecule has 1 aliphatic heterocycles. The molecule has 2 atom stereocenters. The molecule has 1 aliphatic rings. The normalized spacial score (nSPS) is 16.4. The molecule has 0 bridgehead atoms. The summed E-state index contributed by atoms with van der Waals surface area (Å²) in [7, 11) is 3.16. The van der Waals surface area contributed by atoms with E-state index in [1.54, 1.807) is 46.0 Å². The molecule has 1 fully saturated rings. The largest absolute Gasteiger partial charge is 0.497 e. The van der Waals surface area contributed by atoms with Gasteiger partial charge in [0, 0.05) is 30.6 Å². The van der Waals surface area contributed by atoms with Crippen molar-refractivity contribution >= 4 is 39.3 Å². The van der Waals surface area contributed by atoms with Gasteiger partial charge in [-0.05, 0) is 57.9 Å². The van der Waals surface area contributed by atoms with E-state index in [0.29, 0.717) is 36.5 Å². The summed E-state index contributed by atoms with van der Waals surface area (Å²) in [5.41, 5.74) is 0.843. The van der Waals surface area contributed by atoms with Crippen LogP contribution < -0.4 is 14.8 Å². The fraction of sp³-hybridized carbons (Fsp3) is 0.429. The first kappa shape index (κ1) is 27.4. The summed E-state index contributed by atoms with van der Waals surface area (Å²) in [5.74, 6) is 0.463. The van der Waals surface area contributed by atoms with Gasteiger partial charge >= 0.3 is 6.09 Å². The zero-order valence-electron chi connectivity index (χ0n) is 22.3. The van der Waals surface area contributed by atoms with Gasteiger partial charge in [0.15, 0.2) is 5.01 Å². The number of rotatable bonds is 9. The maximum Gasteiger partial charge on any atom is 0.408 e. The predicted molar refractivity (Wildman–Crippen MR) is 145 cm³/mol. The fourth-order valence-corrected chi connectivity index (χ4v) is 5.42. The Hall–Kier alpha value is -3.66. The number of fused-ring (bicyclic) bond motifs is 1. The van der Waals surface area contributed by atoms with Crippen LogP contribution in [0.1, 0.15) is 49.0 Å². The van der Waals surface area contributed by atoms with Gasteiger partial charge in [-0.25, -0.2) is 9.78 Å². The minimum Gasteiger partial charge on any atom is -0.497 e. The van der Waals surface area contributed by atoms with Gasteiger partial charge in [-0.1, -0.05) is 12.1 Å². The van der Waals surface area contributed by atoms with Crippen LogP contribution >= 0.6 is 11.3 Å². The third kappa shape index (κ3) is 6.42. The summed E-state index contributed by atoms with van der Waals surface area (Å²) in [5, 5.41) is 3.00. The first-order chi connectivity index (χ1) is 18.1. The number of Topliss-reactive ketones (excluding diaryl/α,β-unsaturated/α-hetero) is 1. The zero-order chi connectivity index (χ0) is 27.4. The highest BCUT2D eigenvalue weighted by atomic mass is 32.1. The molecule has 202 valence electrons. The molecule has 2 heterocycles. The van der Waals surface area contributed by atoms with Gasteiger partial charge in [-0.3, -0.25) is 9.59 Å². The standard InChI is InChI=1S/C28H33N3O6S/c1-28(2,3)37-27(34)30-21(24(32)25-29-20-8-6-7-9-23(20)38-25)14-17-12-13-31(26(17)33)16-18-10-11-19(35-4)15-22(18)36-5/h6-11,15,17,21H,12-14,16H2,1-5H3,(H,30,34)/t17-,21?/m0/s1. The van der Waals surface area contributed by atoms with Crippen LogP contribution in [0.2, 0.25) is 0 Å². The number of aromatic nitrogens is 1. The smallest absolute Gasteiger partial charge is 0.408 e. The summed E-state index contributed by atoms with van der Waals surface area (Å²) < 4.78 is 17.0. The second-order valence-corrected chi connectivity index (χ2v) is 11.2. The monoisotopic (exact) mass is 539 g/mol. The van der Waals surface area contributed by atoms with E-state index in [9.17, 15) is 14.4 Å². The van der Waals surface area contributed by atoms with Gasteiger partial charge in [0.2, 0.25) is 11.7 Å². The molecule has 0 radical (unpaired) electrons. The lowest BCUT2D eigenvalue weighted by molar-refractivity contribution is -0.131. The van der Waals surface area contributed by atoms with Crippen molar-refractivity contribution in [2.75, 3.05) is 20.8 Å². The number of para-hydroxylation sites is 1. The lowest BCUT2D eigenvalue weighted by Gasteiger charge is -2.24. The van der Waals surface area contributed by atoms with Crippen LogP contribution in [0.25, 0.3) is 10.2 Å². The number of ketones is 1. The summed E-state index contributed by atoms with van der Waals surface area (Å²) in [6, 6.07) is 12.0. The molecular weight excluding hydrogens is 506 g/mol. The second-order valence-electron chi connectivity index (χ2n) is 10.2. The van der Waals surface area contributed by atoms with Crippen molar-refractivity contribution in [3.8, 4) is 11.5 Å². The zero-order valence-corrected chi connectivity index (χ0v) is 23.1. The van der Waals surface area contributed by atoms with Crippen molar-refractivity contribution < 1.29 is 28.6 Å². The van der Waals surface area contributed by atoms with Crippen LogP contribution in [-0.4, -0.2) is 60.1 Å². The fourth-order valence-electron chi connectivity index (χ4n) is 4.46. The third-order valence-electron chi connectivity index (χ3n) is 6.30. The Morgan fingerprint density at radius 1 is 1.16 bits per heavy atom. The van der Waals surface area contributed by atoms with E-state index in [2.05, 4.69) is 10.3 Å². The van der Waals surface area contributed by atoms with Crippen LogP contribution in [0.15, 0.2) is 42.5 Å². The predicted octanol–water partition coefficient (Wildman–Crippen LogP) is 4.83. The van der Waals surface area contributed by atoms with E-state index in [-0.39, 0.29) is 23.1 Å². The van der Waals surface area contributed by atoms with Crippen molar-refractivity contribution in [3.05, 3.63) is 53.0 Å². The number of benzene rings is 2. The number of nitrogens with zero attached hydrogens (tertiary/aromatic N) is 2. The Morgan fingerprint density at radius 2 is 1.92 bits per heavy atom. The maximum absolute atomic E-state index is 13.6. The van der Waals surface area contributed by atoms with Crippen molar-refractivity contribution in [3.63, 3.8) is 0 Å². The number of alkyl carbamates (subject to hydrolysis) is 1. The molecule has 3 aromatic rings. The Balaban J connectivity index is 1.51. The third-order valence-corrected chi connectivity index (χ3v) is 7.35. The number of hydrogen-bond donors (Lipinski definition) is 1. The molecule has 2 amide bonds. The maximum atomic E-state index is 13.6. The molecule has 1 aromatic heterocycles. The molecule has 1 saturated heterocycles. The molecule has 9 nitrogen and oxygen atoms in total. The van der Waals surface area contributed by atoms with Crippen molar-refractivity contribution in [2.24, 2.45) is 5.92 Å². The van der Waals surface area contributed by atoms with Crippen LogP contribution in [0.5, 0.6) is 11.5 Å². The highest BCUT2D eigenvalue weighted by Crippen LogP contribution is 2.31. The number of carbonyl (C=O) groups is 3. The molecule has 0 saturated carbocycles. The quantitative estimate of drug-likeness (QED) is 0.388. The van der Waals surface area contributed by atoms with Gasteiger partial charge in [0.1, 0.15) is 17.1 Å². The Kier molecular flexibility index (Phi) is 8.20. The molecule has 0 aliphatic carbocycles. The molecule has 1 unspecified atom stereocenters. The van der Waals surface area contributed by atoms with Crippen molar-refractivity contribution in [1.29, 1.82) is 0 Å². The number of carbonyl (C=O) groups excluding carboxylic acids is 3. The molecule has 38 heavy (non-hydrogen) atoms. The van der Waals surface area contributed by atoms with Gasteiger partial charge in [0.25, 0.3) is 0 Å². The van der Waals surface area contributed by atoms with E-state index in [1.807, 2.05) is 36.4 Å². The van der Waals surface area contributed by atoms with E-state index >= 15 is 0 Å². The van der Waals surface area contributed by atoms with Gasteiger partial charge in [0.05, 0.1) is 30.5 Å². The van der Waals surface area contributed by atoms with E-state index in [1.165, 1.54) is 11.3 Å². The lowest BCUT2D eigenvalue weighted by Crippen LogP contribution is -2.45. The van der Waals surface area contributed by atoms with Crippen LogP contribution in [0.3, 0.4) is 0 Å². The van der Waals surface area contributed by atoms with Gasteiger partial charge in [-0.2, -0.15) is 0 Å². The average Bonchev–Trinajstić information content (AvgIpc) is 3.46. The first-order valence-electron chi connectivity index (χ1n) is 12.5. The van der Waals surface area contributed by atoms with E-state index in [0.717, 1.165) is 10.3 Å². The summed E-state index contributed by atoms with van der Waals surface area (Å²) in [4.78, 5) is 45.8. The van der Waals surface area contributed by atoms with Gasteiger partial charge < -0.3 is 24.4 Å². The molecule has 1 N–H and O–H groups in total. The summed E-state index contributed by atoms with van der Waals surface area (Å²) in [6.07, 6.45) is 0.0160. The number of nitrogens with one attached hydrogen (secondary N) is 1. The van der Waals surface area contributed by atoms with Crippen LogP contribution in [-0.2, 0) is 16.1 Å². The van der Waals surface area contributed by atoms with E-state index < -0.39 is 23.7 Å².